The van der Waals surface area contributed by atoms with E-state index in [-0.39, 0.29) is 0 Å². The largest absolute Gasteiger partial charge is 0.465 e. The van der Waals surface area contributed by atoms with Gasteiger partial charge in [0.05, 0.1) is 11.0 Å². The summed E-state index contributed by atoms with van der Waals surface area (Å²) < 4.78 is 0. The second-order valence-corrected chi connectivity index (χ2v) is 3.62. The lowest BCUT2D eigenvalue weighted by Gasteiger charge is -2.07. The maximum atomic E-state index is 10.7. The number of aromatic nitrogens is 2. The van der Waals surface area contributed by atoms with E-state index in [1.165, 1.54) is 7.05 Å². The smallest absolute Gasteiger partial charge is 0.413 e. The number of carboxylic acid groups (broad SMARTS) is 1. The van der Waals surface area contributed by atoms with Gasteiger partial charge in [0.1, 0.15) is 0 Å². The van der Waals surface area contributed by atoms with Gasteiger partial charge in [0.25, 0.3) is 0 Å². The van der Waals surface area contributed by atoms with Crippen LogP contribution >= 0.6 is 12.6 Å². The summed E-state index contributed by atoms with van der Waals surface area (Å²) in [7, 11) is 1.43. The van der Waals surface area contributed by atoms with Gasteiger partial charge in [0, 0.05) is 11.9 Å². The van der Waals surface area contributed by atoms with Crippen LogP contribution in [0.2, 0.25) is 0 Å². The van der Waals surface area contributed by atoms with Gasteiger partial charge in [0.2, 0.25) is 5.95 Å². The van der Waals surface area contributed by atoms with Crippen molar-refractivity contribution in [2.45, 2.75) is 4.90 Å². The van der Waals surface area contributed by atoms with E-state index < -0.39 is 6.09 Å². The van der Waals surface area contributed by atoms with E-state index in [2.05, 4.69) is 22.6 Å². The Bertz CT molecular complexity index is 523. The summed E-state index contributed by atoms with van der Waals surface area (Å²) in [6.07, 6.45) is -1.06. The molecule has 0 aliphatic carbocycles. The molecule has 1 aromatic carbocycles. The zero-order valence-corrected chi connectivity index (χ0v) is 8.82. The molecule has 0 atom stereocenters. The van der Waals surface area contributed by atoms with E-state index in [4.69, 9.17) is 5.11 Å². The highest BCUT2D eigenvalue weighted by Gasteiger charge is 2.12. The van der Waals surface area contributed by atoms with Crippen LogP contribution in [0.4, 0.5) is 10.7 Å². The van der Waals surface area contributed by atoms with Crippen molar-refractivity contribution in [3.8, 4) is 0 Å². The van der Waals surface area contributed by atoms with E-state index in [0.29, 0.717) is 5.95 Å². The van der Waals surface area contributed by atoms with Gasteiger partial charge >= 0.3 is 6.09 Å². The van der Waals surface area contributed by atoms with Crippen LogP contribution in [0.5, 0.6) is 0 Å². The number of hydrogen-bond acceptors (Lipinski definition) is 3. The Hall–Kier alpha value is -1.69. The normalized spacial score (nSPS) is 10.5. The molecule has 2 rings (SSSR count). The summed E-state index contributed by atoms with van der Waals surface area (Å²) in [5.41, 5.74) is 1.49. The molecule has 2 aromatic rings. The third kappa shape index (κ3) is 1.75. The minimum Gasteiger partial charge on any atom is -0.465 e. The van der Waals surface area contributed by atoms with Crippen LogP contribution in [0.1, 0.15) is 0 Å². The average Bonchev–Trinajstić information content (AvgIpc) is 2.58. The van der Waals surface area contributed by atoms with Crippen molar-refractivity contribution < 1.29 is 9.90 Å². The molecular formula is C9H9N3O2S. The van der Waals surface area contributed by atoms with Gasteiger partial charge in [-0.2, -0.15) is 0 Å². The fourth-order valence-corrected chi connectivity index (χ4v) is 1.44. The number of nitrogens with one attached hydrogen (secondary N) is 1. The average molecular weight is 223 g/mol. The fourth-order valence-electron chi connectivity index (χ4n) is 1.23. The van der Waals surface area contributed by atoms with E-state index in [1.807, 2.05) is 0 Å². The quantitative estimate of drug-likeness (QED) is 0.647. The number of nitrogens with zero attached hydrogens (tertiary/aromatic N) is 2. The molecule has 1 amide bonds. The minimum absolute atomic E-state index is 0.302. The predicted molar refractivity (Wildman–Crippen MR) is 59.8 cm³/mol. The molecule has 0 bridgehead atoms. The standard InChI is InChI=1S/C9H9N3O2S/c1-12(9(13)14)8-10-6-3-2-5(15)4-7(6)11-8/h2-4,15H,1H3,(H,10,11)(H,13,14). The van der Waals surface area contributed by atoms with Crippen molar-refractivity contribution >= 4 is 35.7 Å². The van der Waals surface area contributed by atoms with Crippen molar-refractivity contribution in [1.82, 2.24) is 9.97 Å². The molecule has 78 valence electrons. The molecule has 0 radical (unpaired) electrons. The summed E-state index contributed by atoms with van der Waals surface area (Å²) in [4.78, 5) is 19.6. The summed E-state index contributed by atoms with van der Waals surface area (Å²) in [6, 6.07) is 5.38. The number of imidazole rings is 1. The Kier molecular flexibility index (Phi) is 2.28. The summed E-state index contributed by atoms with van der Waals surface area (Å²) in [5.74, 6) is 0.302. The molecule has 6 heteroatoms. The molecule has 0 aliphatic heterocycles. The van der Waals surface area contributed by atoms with Gasteiger partial charge in [-0.3, -0.25) is 4.90 Å². The number of hydrogen-bond donors (Lipinski definition) is 3. The zero-order chi connectivity index (χ0) is 11.0. The molecule has 0 fully saturated rings. The number of aromatic amines is 1. The molecule has 1 heterocycles. The third-order valence-electron chi connectivity index (χ3n) is 2.06. The molecule has 1 aromatic heterocycles. The first-order valence-electron chi connectivity index (χ1n) is 4.23. The van der Waals surface area contributed by atoms with Gasteiger partial charge < -0.3 is 10.1 Å². The Morgan fingerprint density at radius 2 is 2.33 bits per heavy atom. The molecule has 15 heavy (non-hydrogen) atoms. The molecule has 0 unspecified atom stereocenters. The van der Waals surface area contributed by atoms with Crippen LogP contribution < -0.4 is 4.90 Å². The maximum Gasteiger partial charge on any atom is 0.413 e. The molecule has 0 saturated heterocycles. The molecule has 5 nitrogen and oxygen atoms in total. The van der Waals surface area contributed by atoms with Gasteiger partial charge in [-0.15, -0.1) is 12.6 Å². The van der Waals surface area contributed by atoms with Crippen LogP contribution in [-0.4, -0.2) is 28.2 Å². The lowest BCUT2D eigenvalue weighted by Crippen LogP contribution is -2.24. The molecule has 2 N–H and O–H groups in total. The molecule has 0 spiro atoms. The summed E-state index contributed by atoms with van der Waals surface area (Å²) >= 11 is 4.18. The first-order chi connectivity index (χ1) is 7.08. The summed E-state index contributed by atoms with van der Waals surface area (Å²) in [6.45, 7) is 0. The van der Waals surface area contributed by atoms with Crippen molar-refractivity contribution in [2.24, 2.45) is 0 Å². The van der Waals surface area contributed by atoms with Gasteiger partial charge in [-0.05, 0) is 18.2 Å². The maximum absolute atomic E-state index is 10.7. The highest BCUT2D eigenvalue weighted by molar-refractivity contribution is 7.80. The predicted octanol–water partition coefficient (Wildman–Crippen LogP) is 1.97. The number of anilines is 1. The van der Waals surface area contributed by atoms with Gasteiger partial charge in [-0.1, -0.05) is 0 Å². The highest BCUT2D eigenvalue weighted by Crippen LogP contribution is 2.19. The number of carbonyl (C=O) groups is 1. The van der Waals surface area contributed by atoms with Crippen LogP contribution in [0.15, 0.2) is 23.1 Å². The van der Waals surface area contributed by atoms with Crippen molar-refractivity contribution in [3.05, 3.63) is 18.2 Å². The first kappa shape index (κ1) is 9.85. The lowest BCUT2D eigenvalue weighted by molar-refractivity contribution is 0.203. The van der Waals surface area contributed by atoms with Crippen LogP contribution in [0, 0.1) is 0 Å². The Morgan fingerprint density at radius 3 is 3.00 bits per heavy atom. The van der Waals surface area contributed by atoms with Crippen LogP contribution in [0.25, 0.3) is 11.0 Å². The van der Waals surface area contributed by atoms with Gasteiger partial charge in [-0.25, -0.2) is 9.78 Å². The monoisotopic (exact) mass is 223 g/mol. The second kappa shape index (κ2) is 3.47. The summed E-state index contributed by atoms with van der Waals surface area (Å²) in [5, 5.41) is 8.77. The minimum atomic E-state index is -1.06. The number of benzene rings is 1. The number of fused-ring (bicyclic) bond motifs is 1. The number of amides is 1. The third-order valence-corrected chi connectivity index (χ3v) is 2.34. The topological polar surface area (TPSA) is 69.2 Å². The van der Waals surface area contributed by atoms with Crippen molar-refractivity contribution in [2.75, 3.05) is 11.9 Å². The zero-order valence-electron chi connectivity index (χ0n) is 7.93. The van der Waals surface area contributed by atoms with Crippen molar-refractivity contribution in [1.29, 1.82) is 0 Å². The van der Waals surface area contributed by atoms with Gasteiger partial charge in [0.15, 0.2) is 0 Å². The van der Waals surface area contributed by atoms with E-state index in [9.17, 15) is 4.79 Å². The van der Waals surface area contributed by atoms with Crippen molar-refractivity contribution in [3.63, 3.8) is 0 Å². The van der Waals surface area contributed by atoms with E-state index >= 15 is 0 Å². The fraction of sp³-hybridized carbons (Fsp3) is 0.111. The highest BCUT2D eigenvalue weighted by atomic mass is 32.1. The first-order valence-corrected chi connectivity index (χ1v) is 4.68. The SMILES string of the molecule is CN(C(=O)O)c1nc2ccc(S)cc2[nH]1. The lowest BCUT2D eigenvalue weighted by atomic mass is 10.3. The number of rotatable bonds is 1. The van der Waals surface area contributed by atoms with Crippen LogP contribution in [0.3, 0.4) is 0 Å². The van der Waals surface area contributed by atoms with E-state index in [1.54, 1.807) is 18.2 Å². The number of thiol groups is 1. The molecule has 0 aliphatic rings. The van der Waals surface area contributed by atoms with Crippen LogP contribution in [-0.2, 0) is 0 Å². The van der Waals surface area contributed by atoms with E-state index in [0.717, 1.165) is 20.8 Å². The Labute approximate surface area is 91.1 Å². The molecule has 0 saturated carbocycles. The molecular weight excluding hydrogens is 214 g/mol. The Morgan fingerprint density at radius 1 is 1.60 bits per heavy atom. The second-order valence-electron chi connectivity index (χ2n) is 3.10. The Balaban J connectivity index is 2.51. The number of H-pyrrole nitrogens is 1.